The van der Waals surface area contributed by atoms with Gasteiger partial charge in [-0.15, -0.1) is 0 Å². The molecule has 39 heavy (non-hydrogen) atoms. The number of aromatic nitrogens is 2. The van der Waals surface area contributed by atoms with Gasteiger partial charge in [0.1, 0.15) is 29.3 Å². The van der Waals surface area contributed by atoms with E-state index in [9.17, 15) is 14.0 Å². The second kappa shape index (κ2) is 10.5. The molecule has 1 aliphatic carbocycles. The summed E-state index contributed by atoms with van der Waals surface area (Å²) < 4.78 is 18.9. The Morgan fingerprint density at radius 2 is 1.82 bits per heavy atom. The second-order valence-electron chi connectivity index (χ2n) is 10.5. The van der Waals surface area contributed by atoms with Gasteiger partial charge in [0, 0.05) is 49.7 Å². The lowest BCUT2D eigenvalue weighted by molar-refractivity contribution is -0.887. The Kier molecular flexibility index (Phi) is 7.31. The zero-order valence-corrected chi connectivity index (χ0v) is 22.9. The SMILES string of the molecule is Cc1cc(N2CCC([N+](C)(C(=O)c3ccc(F)cc3Cl)[C@@H]3CCc4ccc(OC(=O)O)cc43)CC2)nc(C)n1. The van der Waals surface area contributed by atoms with Crippen LogP contribution in [0.5, 0.6) is 5.75 Å². The summed E-state index contributed by atoms with van der Waals surface area (Å²) in [7, 11) is 1.94. The maximum Gasteiger partial charge on any atom is 0.511 e. The third kappa shape index (κ3) is 5.21. The lowest BCUT2D eigenvalue weighted by Gasteiger charge is -2.47. The van der Waals surface area contributed by atoms with Gasteiger partial charge in [0.2, 0.25) is 0 Å². The highest BCUT2D eigenvalue weighted by Crippen LogP contribution is 2.46. The van der Waals surface area contributed by atoms with E-state index in [1.165, 1.54) is 18.2 Å². The Labute approximate surface area is 231 Å². The number of benzene rings is 2. The summed E-state index contributed by atoms with van der Waals surface area (Å²) in [5.41, 5.74) is 3.14. The van der Waals surface area contributed by atoms with Crippen LogP contribution in [0.1, 0.15) is 58.3 Å². The minimum Gasteiger partial charge on any atom is -0.449 e. The standard InChI is InChI=1S/C29H30ClFN4O4/c1-17-14-27(33-18(2)32-17)34-12-10-21(11-13-34)35(3,28(36)23-8-6-20(31)15-25(23)30)26-9-5-19-4-7-22(16-24(19)26)39-29(37)38/h4,6-8,14-16,21,26H,5,9-13H2,1-3H3/p+1/t26-,35?/m1/s1. The highest BCUT2D eigenvalue weighted by molar-refractivity contribution is 6.33. The van der Waals surface area contributed by atoms with E-state index >= 15 is 0 Å². The molecule has 5 rings (SSSR count). The molecule has 1 fully saturated rings. The first-order valence-corrected chi connectivity index (χ1v) is 13.4. The number of carboxylic acid groups (broad SMARTS) is 1. The molecule has 204 valence electrons. The zero-order valence-electron chi connectivity index (χ0n) is 22.2. The number of carbonyl (C=O) groups is 2. The molecule has 1 aliphatic heterocycles. The normalized spacial score (nSPS) is 18.9. The number of piperidine rings is 1. The number of carbonyl (C=O) groups excluding carboxylic acids is 1. The first kappa shape index (κ1) is 27.0. The van der Waals surface area contributed by atoms with E-state index in [0.717, 1.165) is 47.7 Å². The first-order chi connectivity index (χ1) is 18.6. The topological polar surface area (TPSA) is 92.6 Å². The van der Waals surface area contributed by atoms with Gasteiger partial charge >= 0.3 is 12.1 Å². The predicted octanol–water partition coefficient (Wildman–Crippen LogP) is 5.89. The molecule has 0 saturated carbocycles. The van der Waals surface area contributed by atoms with Crippen molar-refractivity contribution in [2.75, 3.05) is 25.0 Å². The number of quaternary nitrogens is 1. The summed E-state index contributed by atoms with van der Waals surface area (Å²) in [4.78, 5) is 36.8. The predicted molar refractivity (Wildman–Crippen MR) is 145 cm³/mol. The van der Waals surface area contributed by atoms with Crippen LogP contribution >= 0.6 is 11.6 Å². The molecule has 3 aromatic rings. The molecule has 0 bridgehead atoms. The van der Waals surface area contributed by atoms with Gasteiger partial charge in [-0.1, -0.05) is 17.7 Å². The number of halogens is 2. The number of nitrogens with zero attached hydrogens (tertiary/aromatic N) is 4. The van der Waals surface area contributed by atoms with Crippen molar-refractivity contribution in [2.45, 2.75) is 51.6 Å². The minimum absolute atomic E-state index is 0.0462. The van der Waals surface area contributed by atoms with Crippen LogP contribution in [0.3, 0.4) is 0 Å². The molecule has 0 radical (unpaired) electrons. The molecule has 1 unspecified atom stereocenters. The molecule has 1 saturated heterocycles. The molecule has 1 aromatic heterocycles. The molecular formula is C29H31ClFN4O4+. The van der Waals surface area contributed by atoms with Gasteiger partial charge in [0.05, 0.1) is 23.7 Å². The monoisotopic (exact) mass is 553 g/mol. The van der Waals surface area contributed by atoms with Crippen molar-refractivity contribution in [3.05, 3.63) is 81.5 Å². The number of fused-ring (bicyclic) bond motifs is 1. The molecule has 1 N–H and O–H groups in total. The zero-order chi connectivity index (χ0) is 27.9. The summed E-state index contributed by atoms with van der Waals surface area (Å²) in [5.74, 6) is 1.13. The molecule has 2 atom stereocenters. The molecule has 10 heteroatoms. The van der Waals surface area contributed by atoms with Crippen molar-refractivity contribution in [3.63, 3.8) is 0 Å². The van der Waals surface area contributed by atoms with Crippen molar-refractivity contribution in [1.82, 2.24) is 9.97 Å². The van der Waals surface area contributed by atoms with Crippen LogP contribution in [0.15, 0.2) is 42.5 Å². The fraction of sp³-hybridized carbons (Fsp3) is 0.379. The third-order valence-corrected chi connectivity index (χ3v) is 8.43. The average Bonchev–Trinajstić information content (AvgIpc) is 3.31. The number of amides is 1. The minimum atomic E-state index is -1.39. The summed E-state index contributed by atoms with van der Waals surface area (Å²) in [6, 6.07) is 10.8. The number of rotatable bonds is 5. The van der Waals surface area contributed by atoms with E-state index in [1.807, 2.05) is 33.0 Å². The summed E-state index contributed by atoms with van der Waals surface area (Å²) in [6.07, 6.45) is 1.51. The van der Waals surface area contributed by atoms with Crippen molar-refractivity contribution < 1.29 is 28.3 Å². The number of hydrogen-bond acceptors (Lipinski definition) is 6. The number of hydrogen-bond donors (Lipinski definition) is 1. The summed E-state index contributed by atoms with van der Waals surface area (Å²) >= 11 is 6.41. The van der Waals surface area contributed by atoms with E-state index in [4.69, 9.17) is 21.4 Å². The van der Waals surface area contributed by atoms with Gasteiger partial charge in [-0.25, -0.2) is 28.4 Å². The van der Waals surface area contributed by atoms with E-state index < -0.39 is 12.0 Å². The van der Waals surface area contributed by atoms with Crippen molar-refractivity contribution in [1.29, 1.82) is 0 Å². The van der Waals surface area contributed by atoms with Gasteiger partial charge in [-0.3, -0.25) is 0 Å². The molecular weight excluding hydrogens is 523 g/mol. The lowest BCUT2D eigenvalue weighted by atomic mass is 9.93. The quantitative estimate of drug-likeness (QED) is 0.239. The van der Waals surface area contributed by atoms with Gasteiger partial charge in [0.15, 0.2) is 0 Å². The molecule has 2 heterocycles. The molecule has 1 amide bonds. The van der Waals surface area contributed by atoms with Gasteiger partial charge in [0.25, 0.3) is 0 Å². The maximum absolute atomic E-state index is 14.4. The molecule has 2 aromatic carbocycles. The lowest BCUT2D eigenvalue weighted by Crippen LogP contribution is -2.60. The molecule has 0 spiro atoms. The fourth-order valence-corrected chi connectivity index (χ4v) is 6.50. The Hall–Kier alpha value is -3.56. The smallest absolute Gasteiger partial charge is 0.449 e. The van der Waals surface area contributed by atoms with Gasteiger partial charge < -0.3 is 14.7 Å². The van der Waals surface area contributed by atoms with E-state index in [1.54, 1.807) is 12.1 Å². The van der Waals surface area contributed by atoms with Crippen molar-refractivity contribution in [2.24, 2.45) is 0 Å². The van der Waals surface area contributed by atoms with Crippen LogP contribution in [0, 0.1) is 19.7 Å². The van der Waals surface area contributed by atoms with Crippen LogP contribution in [-0.2, 0) is 6.42 Å². The highest BCUT2D eigenvalue weighted by Gasteiger charge is 2.51. The van der Waals surface area contributed by atoms with E-state index in [-0.39, 0.29) is 38.8 Å². The van der Waals surface area contributed by atoms with Crippen LogP contribution < -0.4 is 9.64 Å². The Morgan fingerprint density at radius 3 is 2.49 bits per heavy atom. The van der Waals surface area contributed by atoms with Gasteiger partial charge in [-0.2, -0.15) is 0 Å². The average molecular weight is 554 g/mol. The van der Waals surface area contributed by atoms with Gasteiger partial charge in [-0.05, 0) is 56.2 Å². The molecule has 8 nitrogen and oxygen atoms in total. The van der Waals surface area contributed by atoms with E-state index in [0.29, 0.717) is 19.5 Å². The fourth-order valence-electron chi connectivity index (χ4n) is 6.26. The largest absolute Gasteiger partial charge is 0.511 e. The van der Waals surface area contributed by atoms with Crippen molar-refractivity contribution in [3.8, 4) is 5.75 Å². The highest BCUT2D eigenvalue weighted by atomic mass is 35.5. The van der Waals surface area contributed by atoms with E-state index in [2.05, 4.69) is 14.9 Å². The summed E-state index contributed by atoms with van der Waals surface area (Å²) in [6.45, 7) is 5.24. The first-order valence-electron chi connectivity index (χ1n) is 13.0. The third-order valence-electron chi connectivity index (χ3n) is 8.11. The Balaban J connectivity index is 1.52. The van der Waals surface area contributed by atoms with Crippen LogP contribution in [0.25, 0.3) is 0 Å². The van der Waals surface area contributed by atoms with Crippen LogP contribution in [-0.4, -0.2) is 57.8 Å². The van der Waals surface area contributed by atoms with Crippen LogP contribution in [0.2, 0.25) is 5.02 Å². The summed E-state index contributed by atoms with van der Waals surface area (Å²) in [5, 5.41) is 9.23. The maximum atomic E-state index is 14.4. The van der Waals surface area contributed by atoms with Crippen LogP contribution in [0.4, 0.5) is 15.0 Å². The number of aryl methyl sites for hydroxylation is 3. The Bertz CT molecular complexity index is 1420. The van der Waals surface area contributed by atoms with Crippen molar-refractivity contribution >= 4 is 29.5 Å². The number of ether oxygens (including phenoxy) is 1. The molecule has 2 aliphatic rings. The second-order valence-corrected chi connectivity index (χ2v) is 10.9. The Morgan fingerprint density at radius 1 is 1.08 bits per heavy atom. The number of anilines is 1.